The first-order valence-corrected chi connectivity index (χ1v) is 6.40. The average Bonchev–Trinajstić information content (AvgIpc) is 2.82. The van der Waals surface area contributed by atoms with E-state index in [0.717, 1.165) is 29.9 Å². The minimum absolute atomic E-state index is 0.528. The molecule has 5 nitrogen and oxygen atoms in total. The summed E-state index contributed by atoms with van der Waals surface area (Å²) in [7, 11) is 0. The lowest BCUT2D eigenvalue weighted by molar-refractivity contribution is -0.139. The van der Waals surface area contributed by atoms with E-state index in [4.69, 9.17) is 0 Å². The van der Waals surface area contributed by atoms with Crippen LogP contribution in [0.5, 0.6) is 0 Å². The highest BCUT2D eigenvalue weighted by Crippen LogP contribution is 2.30. The van der Waals surface area contributed by atoms with Crippen molar-refractivity contribution in [2.45, 2.75) is 32.2 Å². The molecule has 0 radical (unpaired) electrons. The number of aryl methyl sites for hydroxylation is 1. The SMILES string of the molecule is Cc1cccc(-c2nnc3n2CCCC3C(=O)O)c1. The van der Waals surface area contributed by atoms with Gasteiger partial charge in [0.25, 0.3) is 0 Å². The average molecular weight is 257 g/mol. The smallest absolute Gasteiger partial charge is 0.314 e. The number of nitrogens with zero attached hydrogens (tertiary/aromatic N) is 3. The molecule has 1 N–H and O–H groups in total. The van der Waals surface area contributed by atoms with Gasteiger partial charge in [-0.1, -0.05) is 23.8 Å². The molecule has 1 aliphatic heterocycles. The van der Waals surface area contributed by atoms with Crippen LogP contribution in [0.3, 0.4) is 0 Å². The standard InChI is InChI=1S/C14H15N3O2/c1-9-4-2-5-10(8-9)12-15-16-13-11(14(18)19)6-3-7-17(12)13/h2,4-5,8,11H,3,6-7H2,1H3,(H,18,19). The molecule has 0 spiro atoms. The molecular weight excluding hydrogens is 242 g/mol. The van der Waals surface area contributed by atoms with Crippen LogP contribution in [0.4, 0.5) is 0 Å². The van der Waals surface area contributed by atoms with Gasteiger partial charge in [-0.25, -0.2) is 0 Å². The Morgan fingerprint density at radius 2 is 2.26 bits per heavy atom. The van der Waals surface area contributed by atoms with Crippen molar-refractivity contribution in [2.75, 3.05) is 0 Å². The number of benzene rings is 1. The maximum absolute atomic E-state index is 11.2. The van der Waals surface area contributed by atoms with Gasteiger partial charge in [0, 0.05) is 12.1 Å². The van der Waals surface area contributed by atoms with Gasteiger partial charge in [0.15, 0.2) is 5.82 Å². The lowest BCUT2D eigenvalue weighted by Crippen LogP contribution is -2.22. The van der Waals surface area contributed by atoms with Gasteiger partial charge in [-0.2, -0.15) is 0 Å². The van der Waals surface area contributed by atoms with E-state index in [1.807, 2.05) is 35.8 Å². The van der Waals surface area contributed by atoms with Crippen molar-refractivity contribution in [1.82, 2.24) is 14.8 Å². The third-order valence-electron chi connectivity index (χ3n) is 3.54. The minimum Gasteiger partial charge on any atom is -0.481 e. The Labute approximate surface area is 110 Å². The van der Waals surface area contributed by atoms with Crippen LogP contribution in [0.2, 0.25) is 0 Å². The maximum atomic E-state index is 11.2. The Bertz CT molecular complexity index is 633. The molecule has 98 valence electrons. The molecule has 0 saturated heterocycles. The molecule has 1 aromatic carbocycles. The van der Waals surface area contributed by atoms with Crippen molar-refractivity contribution in [2.24, 2.45) is 0 Å². The van der Waals surface area contributed by atoms with Crippen LogP contribution in [-0.2, 0) is 11.3 Å². The zero-order valence-corrected chi connectivity index (χ0v) is 10.7. The van der Waals surface area contributed by atoms with Crippen LogP contribution in [-0.4, -0.2) is 25.8 Å². The zero-order valence-electron chi connectivity index (χ0n) is 10.7. The number of hydrogen-bond acceptors (Lipinski definition) is 3. The summed E-state index contributed by atoms with van der Waals surface area (Å²) < 4.78 is 1.94. The molecule has 1 aromatic heterocycles. The molecule has 1 aliphatic rings. The predicted molar refractivity (Wildman–Crippen MR) is 69.8 cm³/mol. The van der Waals surface area contributed by atoms with E-state index in [1.54, 1.807) is 0 Å². The van der Waals surface area contributed by atoms with Gasteiger partial charge in [-0.15, -0.1) is 10.2 Å². The lowest BCUT2D eigenvalue weighted by Gasteiger charge is -2.20. The molecule has 1 unspecified atom stereocenters. The number of aliphatic carboxylic acids is 1. The third-order valence-corrected chi connectivity index (χ3v) is 3.54. The summed E-state index contributed by atoms with van der Waals surface area (Å²) in [5, 5.41) is 17.5. The fourth-order valence-corrected chi connectivity index (χ4v) is 2.61. The van der Waals surface area contributed by atoms with Crippen molar-refractivity contribution < 1.29 is 9.90 Å². The van der Waals surface area contributed by atoms with Crippen molar-refractivity contribution in [1.29, 1.82) is 0 Å². The molecule has 0 amide bonds. The fourth-order valence-electron chi connectivity index (χ4n) is 2.61. The van der Waals surface area contributed by atoms with Gasteiger partial charge in [-0.3, -0.25) is 4.79 Å². The topological polar surface area (TPSA) is 68.0 Å². The number of fused-ring (bicyclic) bond motifs is 1. The van der Waals surface area contributed by atoms with E-state index in [1.165, 1.54) is 0 Å². The number of carbonyl (C=O) groups is 1. The Hall–Kier alpha value is -2.17. The monoisotopic (exact) mass is 257 g/mol. The van der Waals surface area contributed by atoms with E-state index >= 15 is 0 Å². The molecule has 0 saturated carbocycles. The number of carboxylic acid groups (broad SMARTS) is 1. The Morgan fingerprint density at radius 1 is 1.42 bits per heavy atom. The highest BCUT2D eigenvalue weighted by atomic mass is 16.4. The summed E-state index contributed by atoms with van der Waals surface area (Å²) in [6.45, 7) is 2.81. The minimum atomic E-state index is -0.816. The van der Waals surface area contributed by atoms with Crippen LogP contribution >= 0.6 is 0 Å². The fraction of sp³-hybridized carbons (Fsp3) is 0.357. The second kappa shape index (κ2) is 4.50. The second-order valence-corrected chi connectivity index (χ2v) is 4.94. The predicted octanol–water partition coefficient (Wildman–Crippen LogP) is 2.22. The van der Waals surface area contributed by atoms with Crippen LogP contribution in [0.25, 0.3) is 11.4 Å². The maximum Gasteiger partial charge on any atom is 0.314 e. The van der Waals surface area contributed by atoms with E-state index in [-0.39, 0.29) is 0 Å². The summed E-state index contributed by atoms with van der Waals surface area (Å²) in [6.07, 6.45) is 1.49. The first kappa shape index (κ1) is 11.9. The summed E-state index contributed by atoms with van der Waals surface area (Å²) in [4.78, 5) is 11.2. The van der Waals surface area contributed by atoms with Gasteiger partial charge in [0.05, 0.1) is 0 Å². The highest BCUT2D eigenvalue weighted by Gasteiger charge is 2.30. The third kappa shape index (κ3) is 2.01. The first-order valence-electron chi connectivity index (χ1n) is 6.40. The molecule has 2 aromatic rings. The van der Waals surface area contributed by atoms with Crippen LogP contribution in [0.1, 0.15) is 30.1 Å². The largest absolute Gasteiger partial charge is 0.481 e. The van der Waals surface area contributed by atoms with E-state index in [9.17, 15) is 9.90 Å². The molecule has 1 atom stereocenters. The number of aromatic nitrogens is 3. The van der Waals surface area contributed by atoms with Gasteiger partial charge < -0.3 is 9.67 Å². The summed E-state index contributed by atoms with van der Waals surface area (Å²) >= 11 is 0. The van der Waals surface area contributed by atoms with Crippen LogP contribution < -0.4 is 0 Å². The highest BCUT2D eigenvalue weighted by molar-refractivity contribution is 5.75. The van der Waals surface area contributed by atoms with E-state index in [0.29, 0.717) is 12.2 Å². The van der Waals surface area contributed by atoms with Gasteiger partial charge in [-0.05, 0) is 25.8 Å². The summed E-state index contributed by atoms with van der Waals surface area (Å²) in [5.74, 6) is 0.00357. The molecule has 0 bridgehead atoms. The first-order chi connectivity index (χ1) is 9.16. The Kier molecular flexibility index (Phi) is 2.81. The van der Waals surface area contributed by atoms with Crippen molar-refractivity contribution in [3.05, 3.63) is 35.7 Å². The lowest BCUT2D eigenvalue weighted by atomic mass is 9.99. The number of hydrogen-bond donors (Lipinski definition) is 1. The molecular formula is C14H15N3O2. The summed E-state index contributed by atoms with van der Waals surface area (Å²) in [6, 6.07) is 8.02. The molecule has 2 heterocycles. The van der Waals surface area contributed by atoms with Gasteiger partial charge in [0.2, 0.25) is 0 Å². The van der Waals surface area contributed by atoms with Crippen molar-refractivity contribution in [3.63, 3.8) is 0 Å². The molecule has 19 heavy (non-hydrogen) atoms. The molecule has 5 heteroatoms. The number of rotatable bonds is 2. The Morgan fingerprint density at radius 3 is 3.00 bits per heavy atom. The number of carboxylic acids is 1. The molecule has 3 rings (SSSR count). The second-order valence-electron chi connectivity index (χ2n) is 4.94. The van der Waals surface area contributed by atoms with Crippen LogP contribution in [0.15, 0.2) is 24.3 Å². The quantitative estimate of drug-likeness (QED) is 0.895. The zero-order chi connectivity index (χ0) is 13.4. The van der Waals surface area contributed by atoms with Crippen molar-refractivity contribution in [3.8, 4) is 11.4 Å². The van der Waals surface area contributed by atoms with E-state index < -0.39 is 11.9 Å². The molecule has 0 fully saturated rings. The van der Waals surface area contributed by atoms with Gasteiger partial charge in [0.1, 0.15) is 11.7 Å². The summed E-state index contributed by atoms with van der Waals surface area (Å²) in [5.41, 5.74) is 2.14. The van der Waals surface area contributed by atoms with Crippen LogP contribution in [0, 0.1) is 6.92 Å². The normalized spacial score (nSPS) is 18.1. The van der Waals surface area contributed by atoms with Crippen molar-refractivity contribution >= 4 is 5.97 Å². The van der Waals surface area contributed by atoms with Gasteiger partial charge >= 0.3 is 5.97 Å². The molecule has 0 aliphatic carbocycles. The Balaban J connectivity index is 2.08. The van der Waals surface area contributed by atoms with E-state index in [2.05, 4.69) is 10.2 Å².